The van der Waals surface area contributed by atoms with E-state index in [0.717, 1.165) is 12.8 Å². The summed E-state index contributed by atoms with van der Waals surface area (Å²) in [5.41, 5.74) is -1.08. The van der Waals surface area contributed by atoms with Crippen LogP contribution in [0.15, 0.2) is 24.3 Å². The predicted molar refractivity (Wildman–Crippen MR) is 80.2 cm³/mol. The van der Waals surface area contributed by atoms with Crippen LogP contribution >= 0.6 is 11.6 Å². The predicted octanol–water partition coefficient (Wildman–Crippen LogP) is 1.16. The molecule has 2 unspecified atom stereocenters. The van der Waals surface area contributed by atoms with Crippen molar-refractivity contribution in [2.24, 2.45) is 0 Å². The number of ether oxygens (including phenoxy) is 1. The van der Waals surface area contributed by atoms with E-state index in [1.54, 1.807) is 24.3 Å². The number of halogens is 1. The maximum absolute atomic E-state index is 12.3. The molecule has 0 spiro atoms. The number of carbonyl (C=O) groups excluding carboxylic acids is 1. The van der Waals surface area contributed by atoms with E-state index in [1.165, 1.54) is 4.90 Å². The molecular formula is C16H19ClNO4+. The molecule has 0 amide bonds. The summed E-state index contributed by atoms with van der Waals surface area (Å²) < 4.78 is 5.50. The summed E-state index contributed by atoms with van der Waals surface area (Å²) in [4.78, 5) is 25.5. The average molecular weight is 325 g/mol. The molecule has 0 aromatic heterocycles. The van der Waals surface area contributed by atoms with Crippen molar-refractivity contribution in [3.05, 3.63) is 34.9 Å². The van der Waals surface area contributed by atoms with Gasteiger partial charge in [-0.2, -0.15) is 0 Å². The quantitative estimate of drug-likeness (QED) is 0.819. The highest BCUT2D eigenvalue weighted by Gasteiger charge is 2.56. The Bertz CT molecular complexity index is 587. The van der Waals surface area contributed by atoms with Gasteiger partial charge in [-0.1, -0.05) is 11.6 Å². The monoisotopic (exact) mass is 324 g/mol. The second-order valence-electron chi connectivity index (χ2n) is 6.32. The number of carbonyl (C=O) groups is 2. The Morgan fingerprint density at radius 2 is 1.77 bits per heavy atom. The molecule has 22 heavy (non-hydrogen) atoms. The standard InChI is InChI=1S/C16H18ClNO4/c1-18-12-6-7-13(18)9-16(8-12,15(20)21)22-14(19)10-2-4-11(17)5-3-10/h2-5,12-13H,6-9H2,1H3,(H,20,21)/p+1/t12-,13+,16?. The Morgan fingerprint density at radius 1 is 1.23 bits per heavy atom. The van der Waals surface area contributed by atoms with E-state index in [0.29, 0.717) is 23.4 Å². The van der Waals surface area contributed by atoms with Gasteiger partial charge in [0.25, 0.3) is 0 Å². The Morgan fingerprint density at radius 3 is 2.27 bits per heavy atom. The van der Waals surface area contributed by atoms with Gasteiger partial charge in [-0.15, -0.1) is 0 Å². The van der Waals surface area contributed by atoms with Crippen molar-refractivity contribution < 1.29 is 24.3 Å². The van der Waals surface area contributed by atoms with Crippen LogP contribution < -0.4 is 4.90 Å². The highest BCUT2D eigenvalue weighted by Crippen LogP contribution is 2.34. The van der Waals surface area contributed by atoms with Crippen molar-refractivity contribution in [3.63, 3.8) is 0 Å². The minimum Gasteiger partial charge on any atom is -0.478 e. The lowest BCUT2D eigenvalue weighted by molar-refractivity contribution is -0.924. The zero-order valence-corrected chi connectivity index (χ0v) is 13.1. The number of carboxylic acids is 1. The van der Waals surface area contributed by atoms with Gasteiger partial charge >= 0.3 is 11.9 Å². The highest BCUT2D eigenvalue weighted by atomic mass is 35.5. The summed E-state index contributed by atoms with van der Waals surface area (Å²) >= 11 is 5.80. The van der Waals surface area contributed by atoms with Gasteiger partial charge in [-0.05, 0) is 24.3 Å². The zero-order chi connectivity index (χ0) is 15.9. The molecule has 1 aromatic carbocycles. The molecule has 2 heterocycles. The average Bonchev–Trinajstić information content (AvgIpc) is 2.71. The second kappa shape index (κ2) is 5.56. The molecule has 2 fully saturated rings. The van der Waals surface area contributed by atoms with Crippen molar-refractivity contribution in [2.75, 3.05) is 7.05 Å². The van der Waals surface area contributed by atoms with Crippen LogP contribution in [0.5, 0.6) is 0 Å². The van der Waals surface area contributed by atoms with Gasteiger partial charge < -0.3 is 14.7 Å². The molecule has 2 bridgehead atoms. The fourth-order valence-corrected chi connectivity index (χ4v) is 3.85. The maximum Gasteiger partial charge on any atom is 0.348 e. The van der Waals surface area contributed by atoms with Crippen LogP contribution in [-0.2, 0) is 9.53 Å². The fourth-order valence-electron chi connectivity index (χ4n) is 3.72. The first-order valence-electron chi connectivity index (χ1n) is 7.47. The lowest BCUT2D eigenvalue weighted by atomic mass is 9.86. The number of rotatable bonds is 3. The van der Waals surface area contributed by atoms with Crippen LogP contribution in [0.1, 0.15) is 36.0 Å². The second-order valence-corrected chi connectivity index (χ2v) is 6.76. The summed E-state index contributed by atoms with van der Waals surface area (Å²) in [6.07, 6.45) is 2.74. The van der Waals surface area contributed by atoms with Crippen LogP contribution in [0.3, 0.4) is 0 Å². The molecule has 118 valence electrons. The first-order chi connectivity index (χ1) is 10.4. The molecule has 6 heteroatoms. The van der Waals surface area contributed by atoms with Crippen LogP contribution in [0, 0.1) is 0 Å². The van der Waals surface area contributed by atoms with Crippen LogP contribution in [-0.4, -0.2) is 41.8 Å². The Labute approximate surface area is 133 Å². The number of quaternary nitrogens is 1. The van der Waals surface area contributed by atoms with Gasteiger partial charge in [-0.3, -0.25) is 0 Å². The van der Waals surface area contributed by atoms with Crippen molar-refractivity contribution in [2.45, 2.75) is 43.4 Å². The van der Waals surface area contributed by atoms with Crippen LogP contribution in [0.4, 0.5) is 0 Å². The molecular weight excluding hydrogens is 306 g/mol. The number of carboxylic acid groups (broad SMARTS) is 1. The van der Waals surface area contributed by atoms with Gasteiger partial charge in [0.1, 0.15) is 0 Å². The van der Waals surface area contributed by atoms with E-state index >= 15 is 0 Å². The Balaban J connectivity index is 1.82. The number of fused-ring (bicyclic) bond motifs is 2. The number of hydrogen-bond acceptors (Lipinski definition) is 3. The van der Waals surface area contributed by atoms with Crippen molar-refractivity contribution >= 4 is 23.5 Å². The molecule has 2 aliphatic heterocycles. The number of hydrogen-bond donors (Lipinski definition) is 2. The SMILES string of the molecule is C[NH+]1[C@@H]2CC[C@H]1CC(OC(=O)c1ccc(Cl)cc1)(C(=O)O)C2. The number of benzene rings is 1. The van der Waals surface area contributed by atoms with Gasteiger partial charge in [-0.25, -0.2) is 9.59 Å². The van der Waals surface area contributed by atoms with E-state index in [1.807, 2.05) is 0 Å². The van der Waals surface area contributed by atoms with Crippen LogP contribution in [0.2, 0.25) is 5.02 Å². The summed E-state index contributed by atoms with van der Waals surface area (Å²) in [6.45, 7) is 0. The Hall–Kier alpha value is -1.59. The fraction of sp³-hybridized carbons (Fsp3) is 0.500. The third-order valence-electron chi connectivity index (χ3n) is 5.06. The van der Waals surface area contributed by atoms with E-state index in [9.17, 15) is 14.7 Å². The minimum atomic E-state index is -1.40. The Kier molecular flexibility index (Phi) is 3.87. The van der Waals surface area contributed by atoms with E-state index in [4.69, 9.17) is 16.3 Å². The van der Waals surface area contributed by atoms with E-state index in [2.05, 4.69) is 7.05 Å². The highest BCUT2D eigenvalue weighted by molar-refractivity contribution is 6.30. The normalized spacial score (nSPS) is 33.5. The number of aliphatic carboxylic acids is 1. The van der Waals surface area contributed by atoms with Crippen molar-refractivity contribution in [1.29, 1.82) is 0 Å². The smallest absolute Gasteiger partial charge is 0.348 e. The molecule has 0 saturated carbocycles. The first kappa shape index (κ1) is 15.3. The summed E-state index contributed by atoms with van der Waals surface area (Å²) in [5, 5.41) is 10.2. The number of piperidine rings is 1. The van der Waals surface area contributed by atoms with Gasteiger partial charge in [0.2, 0.25) is 5.60 Å². The molecule has 2 aliphatic rings. The topological polar surface area (TPSA) is 68.0 Å². The van der Waals surface area contributed by atoms with Crippen molar-refractivity contribution in [3.8, 4) is 0 Å². The molecule has 4 atom stereocenters. The van der Waals surface area contributed by atoms with E-state index < -0.39 is 17.5 Å². The maximum atomic E-state index is 12.3. The van der Waals surface area contributed by atoms with Crippen LogP contribution in [0.25, 0.3) is 0 Å². The van der Waals surface area contributed by atoms with Gasteiger partial charge in [0.15, 0.2) is 0 Å². The van der Waals surface area contributed by atoms with E-state index in [-0.39, 0.29) is 12.1 Å². The molecule has 0 radical (unpaired) electrons. The third kappa shape index (κ3) is 2.59. The zero-order valence-electron chi connectivity index (χ0n) is 12.3. The van der Waals surface area contributed by atoms with Crippen molar-refractivity contribution in [1.82, 2.24) is 0 Å². The largest absolute Gasteiger partial charge is 0.478 e. The lowest BCUT2D eigenvalue weighted by Gasteiger charge is -2.39. The lowest BCUT2D eigenvalue weighted by Crippen LogP contribution is -3.16. The summed E-state index contributed by atoms with van der Waals surface area (Å²) in [7, 11) is 2.09. The number of esters is 1. The molecule has 0 aliphatic carbocycles. The molecule has 2 N–H and O–H groups in total. The summed E-state index contributed by atoms with van der Waals surface area (Å²) in [5.74, 6) is -1.64. The summed E-state index contributed by atoms with van der Waals surface area (Å²) in [6, 6.07) is 6.77. The van der Waals surface area contributed by atoms with Gasteiger partial charge in [0.05, 0.1) is 37.5 Å². The molecule has 3 rings (SSSR count). The minimum absolute atomic E-state index is 0.243. The third-order valence-corrected chi connectivity index (χ3v) is 5.31. The van der Waals surface area contributed by atoms with Gasteiger partial charge in [0, 0.05) is 17.9 Å². The molecule has 2 saturated heterocycles. The first-order valence-corrected chi connectivity index (χ1v) is 7.85. The molecule has 1 aromatic rings. The molecule has 5 nitrogen and oxygen atoms in total. The number of nitrogens with one attached hydrogen (secondary N) is 1.